The summed E-state index contributed by atoms with van der Waals surface area (Å²) in [5.41, 5.74) is 0.719. The lowest BCUT2D eigenvalue weighted by Crippen LogP contribution is -2.50. The van der Waals surface area contributed by atoms with Crippen molar-refractivity contribution in [3.8, 4) is 5.75 Å². The van der Waals surface area contributed by atoms with Crippen molar-refractivity contribution in [1.29, 1.82) is 0 Å². The second kappa shape index (κ2) is 5.81. The molecule has 2 aromatic carbocycles. The van der Waals surface area contributed by atoms with Crippen molar-refractivity contribution >= 4 is 11.6 Å². The molecule has 3 rings (SSSR count). The number of hydrogen-bond acceptors (Lipinski definition) is 2. The number of nitrogens with zero attached hydrogens (tertiary/aromatic N) is 1. The molecule has 1 amide bonds. The van der Waals surface area contributed by atoms with Gasteiger partial charge in [0.1, 0.15) is 11.6 Å². The van der Waals surface area contributed by atoms with Crippen LogP contribution in [0.1, 0.15) is 18.1 Å². The van der Waals surface area contributed by atoms with Crippen LogP contribution >= 0.6 is 0 Å². The fourth-order valence-electron chi connectivity index (χ4n) is 2.66. The molecule has 0 aliphatic carbocycles. The third kappa shape index (κ3) is 2.81. The van der Waals surface area contributed by atoms with Crippen LogP contribution in [0.3, 0.4) is 0 Å². The van der Waals surface area contributed by atoms with E-state index in [0.29, 0.717) is 18.1 Å². The van der Waals surface area contributed by atoms with Crippen LogP contribution in [-0.4, -0.2) is 12.0 Å². The Balaban J connectivity index is 2.08. The first-order chi connectivity index (χ1) is 11.3. The van der Waals surface area contributed by atoms with Crippen LogP contribution in [0.4, 0.5) is 23.2 Å². The zero-order chi connectivity index (χ0) is 17.5. The Morgan fingerprint density at radius 2 is 1.79 bits per heavy atom. The lowest BCUT2D eigenvalue weighted by atomic mass is 10.1. The van der Waals surface area contributed by atoms with E-state index in [2.05, 4.69) is 4.74 Å². The van der Waals surface area contributed by atoms with E-state index in [1.54, 1.807) is 19.1 Å². The predicted molar refractivity (Wildman–Crippen MR) is 78.9 cm³/mol. The van der Waals surface area contributed by atoms with E-state index in [1.807, 2.05) is 0 Å². The fraction of sp³-hybridized carbons (Fsp3) is 0.235. The molecule has 0 radical (unpaired) electrons. The normalized spacial score (nSPS) is 15.9. The third-order valence-electron chi connectivity index (χ3n) is 3.73. The largest absolute Gasteiger partial charge is 0.483 e. The van der Waals surface area contributed by atoms with Gasteiger partial charge in [-0.25, -0.2) is 8.78 Å². The molecule has 0 fully saturated rings. The van der Waals surface area contributed by atoms with Gasteiger partial charge in [-0.15, -0.1) is 0 Å². The molecule has 1 aliphatic rings. The smallest absolute Gasteiger partial charge is 0.423 e. The second-order valence-corrected chi connectivity index (χ2v) is 5.41. The minimum Gasteiger partial charge on any atom is -0.423 e. The van der Waals surface area contributed by atoms with E-state index < -0.39 is 30.2 Å². The molecule has 0 spiro atoms. The summed E-state index contributed by atoms with van der Waals surface area (Å²) in [7, 11) is 0. The molecule has 24 heavy (non-hydrogen) atoms. The highest BCUT2D eigenvalue weighted by atomic mass is 19.3. The number of fused-ring (bicyclic) bond motifs is 1. The van der Waals surface area contributed by atoms with Crippen LogP contribution in [-0.2, 0) is 17.8 Å². The predicted octanol–water partition coefficient (Wildman–Crippen LogP) is 4.05. The summed E-state index contributed by atoms with van der Waals surface area (Å²) in [5.74, 6) is -3.37. The average Bonchev–Trinajstić information content (AvgIpc) is 2.50. The molecule has 126 valence electrons. The standard InChI is InChI=1S/C17H13F4NO2/c1-2-11-4-3-5-14-15(11)24-17(20,21)16(23)22(14)9-10-6-12(18)8-13(19)7-10/h3-8H,2,9H2,1H3. The lowest BCUT2D eigenvalue weighted by Gasteiger charge is -2.34. The van der Waals surface area contributed by atoms with Gasteiger partial charge >= 0.3 is 12.0 Å². The van der Waals surface area contributed by atoms with E-state index in [4.69, 9.17) is 0 Å². The highest BCUT2D eigenvalue weighted by Crippen LogP contribution is 2.42. The van der Waals surface area contributed by atoms with Crippen molar-refractivity contribution in [2.24, 2.45) is 0 Å². The molecular weight excluding hydrogens is 326 g/mol. The first-order valence-electron chi connectivity index (χ1n) is 7.27. The quantitative estimate of drug-likeness (QED) is 0.790. The highest BCUT2D eigenvalue weighted by Gasteiger charge is 2.51. The minimum atomic E-state index is -4.04. The van der Waals surface area contributed by atoms with Crippen molar-refractivity contribution in [3.05, 3.63) is 59.2 Å². The molecular formula is C17H13F4NO2. The number of hydrogen-bond donors (Lipinski definition) is 0. The number of benzene rings is 2. The van der Waals surface area contributed by atoms with E-state index in [9.17, 15) is 22.4 Å². The van der Waals surface area contributed by atoms with Gasteiger partial charge in [0.15, 0.2) is 5.75 Å². The van der Waals surface area contributed by atoms with Gasteiger partial charge < -0.3 is 4.74 Å². The topological polar surface area (TPSA) is 29.5 Å². The van der Waals surface area contributed by atoms with E-state index in [1.165, 1.54) is 6.07 Å². The van der Waals surface area contributed by atoms with Crippen molar-refractivity contribution in [1.82, 2.24) is 0 Å². The summed E-state index contributed by atoms with van der Waals surface area (Å²) in [6.45, 7) is 1.37. The Morgan fingerprint density at radius 1 is 1.12 bits per heavy atom. The van der Waals surface area contributed by atoms with E-state index in [0.717, 1.165) is 17.0 Å². The summed E-state index contributed by atoms with van der Waals surface area (Å²) in [6, 6.07) is 7.34. The third-order valence-corrected chi connectivity index (χ3v) is 3.73. The molecule has 0 saturated carbocycles. The molecule has 0 atom stereocenters. The molecule has 0 saturated heterocycles. The van der Waals surface area contributed by atoms with Crippen LogP contribution in [0.5, 0.6) is 5.75 Å². The van der Waals surface area contributed by atoms with Crippen LogP contribution in [0.15, 0.2) is 36.4 Å². The first kappa shape index (κ1) is 16.3. The summed E-state index contributed by atoms with van der Waals surface area (Å²) in [6.07, 6.45) is -3.61. The maximum absolute atomic E-state index is 13.9. The average molecular weight is 339 g/mol. The van der Waals surface area contributed by atoms with E-state index >= 15 is 0 Å². The van der Waals surface area contributed by atoms with E-state index in [-0.39, 0.29) is 17.0 Å². The van der Waals surface area contributed by atoms with Crippen LogP contribution in [0.2, 0.25) is 0 Å². The Labute approximate surface area is 135 Å². The van der Waals surface area contributed by atoms with Crippen LogP contribution in [0.25, 0.3) is 0 Å². The van der Waals surface area contributed by atoms with Crippen molar-refractivity contribution in [2.45, 2.75) is 26.0 Å². The maximum Gasteiger partial charge on any atom is 0.483 e. The number of alkyl halides is 2. The van der Waals surface area contributed by atoms with Gasteiger partial charge in [0.2, 0.25) is 0 Å². The lowest BCUT2D eigenvalue weighted by molar-refractivity contribution is -0.193. The summed E-state index contributed by atoms with van der Waals surface area (Å²) in [4.78, 5) is 12.8. The molecule has 1 heterocycles. The zero-order valence-corrected chi connectivity index (χ0v) is 12.7. The molecule has 0 N–H and O–H groups in total. The van der Waals surface area contributed by atoms with Gasteiger partial charge in [0.25, 0.3) is 0 Å². The Bertz CT molecular complexity index is 787. The zero-order valence-electron chi connectivity index (χ0n) is 12.7. The molecule has 3 nitrogen and oxygen atoms in total. The fourth-order valence-corrected chi connectivity index (χ4v) is 2.66. The highest BCUT2D eigenvalue weighted by molar-refractivity contribution is 6.01. The van der Waals surface area contributed by atoms with Gasteiger partial charge in [-0.2, -0.15) is 8.78 Å². The summed E-state index contributed by atoms with van der Waals surface area (Å²) < 4.78 is 59.1. The first-order valence-corrected chi connectivity index (χ1v) is 7.27. The van der Waals surface area contributed by atoms with Gasteiger partial charge in [-0.1, -0.05) is 19.1 Å². The van der Waals surface area contributed by atoms with Crippen molar-refractivity contribution in [3.63, 3.8) is 0 Å². The number of para-hydroxylation sites is 1. The number of rotatable bonds is 3. The second-order valence-electron chi connectivity index (χ2n) is 5.41. The number of ether oxygens (including phenoxy) is 1. The molecule has 1 aliphatic heterocycles. The summed E-state index contributed by atoms with van der Waals surface area (Å²) in [5, 5.41) is 0. The Kier molecular flexibility index (Phi) is 3.95. The minimum absolute atomic E-state index is 0.0615. The molecule has 7 heteroatoms. The van der Waals surface area contributed by atoms with Crippen molar-refractivity contribution in [2.75, 3.05) is 4.90 Å². The SMILES string of the molecule is CCc1cccc2c1OC(F)(F)C(=O)N2Cc1cc(F)cc(F)c1. The molecule has 0 unspecified atom stereocenters. The van der Waals surface area contributed by atoms with Crippen molar-refractivity contribution < 1.29 is 27.1 Å². The molecule has 2 aromatic rings. The monoisotopic (exact) mass is 339 g/mol. The summed E-state index contributed by atoms with van der Waals surface area (Å²) >= 11 is 0. The van der Waals surface area contributed by atoms with Crippen LogP contribution < -0.4 is 9.64 Å². The Morgan fingerprint density at radius 3 is 2.42 bits per heavy atom. The number of carbonyl (C=O) groups excluding carboxylic acids is 1. The number of halogens is 4. The number of aryl methyl sites for hydroxylation is 1. The number of carbonyl (C=O) groups is 1. The Hall–Kier alpha value is -2.57. The molecule has 0 aromatic heterocycles. The van der Waals surface area contributed by atoms with Gasteiger partial charge in [-0.3, -0.25) is 9.69 Å². The molecule has 0 bridgehead atoms. The van der Waals surface area contributed by atoms with Gasteiger partial charge in [0, 0.05) is 6.07 Å². The number of anilines is 1. The number of amides is 1. The van der Waals surface area contributed by atoms with Crippen LogP contribution in [0, 0.1) is 11.6 Å². The van der Waals surface area contributed by atoms with Gasteiger partial charge in [-0.05, 0) is 35.7 Å². The van der Waals surface area contributed by atoms with Gasteiger partial charge in [0.05, 0.1) is 12.2 Å². The maximum atomic E-state index is 13.9.